The molecule has 0 aromatic heterocycles. The van der Waals surface area contributed by atoms with E-state index in [0.717, 1.165) is 0 Å². The molecule has 1 unspecified atom stereocenters. The van der Waals surface area contributed by atoms with E-state index in [1.54, 1.807) is 7.11 Å². The Kier molecular flexibility index (Phi) is 7.51. The Morgan fingerprint density at radius 1 is 1.38 bits per heavy atom. The number of ether oxygens (including phenoxy) is 2. The first-order valence-corrected chi connectivity index (χ1v) is 3.87. The van der Waals surface area contributed by atoms with Gasteiger partial charge < -0.3 is 15.2 Å². The molecule has 0 radical (unpaired) electrons. The molecule has 1 atom stereocenters. The summed E-state index contributed by atoms with van der Waals surface area (Å²) in [6, 6.07) is -0.701. The van der Waals surface area contributed by atoms with Crippen LogP contribution in [0, 0.1) is 0 Å². The van der Waals surface area contributed by atoms with E-state index in [1.807, 2.05) is 0 Å². The zero-order chi connectivity index (χ0) is 10.1. The molecule has 0 aromatic rings. The molecule has 0 saturated carbocycles. The van der Waals surface area contributed by atoms with Crippen molar-refractivity contribution in [3.63, 3.8) is 0 Å². The van der Waals surface area contributed by atoms with Crippen molar-refractivity contribution >= 4 is 5.91 Å². The van der Waals surface area contributed by atoms with Gasteiger partial charge in [0.1, 0.15) is 6.04 Å². The molecule has 0 aliphatic heterocycles. The summed E-state index contributed by atoms with van der Waals surface area (Å²) < 4.78 is 9.39. The summed E-state index contributed by atoms with van der Waals surface area (Å²) in [7, 11) is 3.01. The van der Waals surface area contributed by atoms with E-state index in [4.69, 9.17) is 15.3 Å². The van der Waals surface area contributed by atoms with Gasteiger partial charge >= 0.3 is 0 Å². The van der Waals surface area contributed by atoms with E-state index in [2.05, 4.69) is 10.2 Å². The number of carbonyl (C=O) groups excluding carboxylic acids is 1. The number of amides is 1. The number of hydroxylamine groups is 1. The molecular weight excluding hydrogens is 176 g/mol. The predicted octanol–water partition coefficient (Wildman–Crippen LogP) is -1.35. The van der Waals surface area contributed by atoms with Crippen LogP contribution in [0.25, 0.3) is 0 Å². The van der Waals surface area contributed by atoms with Gasteiger partial charge in [0.05, 0.1) is 19.8 Å². The van der Waals surface area contributed by atoms with E-state index in [-0.39, 0.29) is 6.61 Å². The molecule has 0 saturated heterocycles. The van der Waals surface area contributed by atoms with Crippen molar-refractivity contribution in [3.8, 4) is 0 Å². The highest BCUT2D eigenvalue weighted by Gasteiger charge is 2.12. The van der Waals surface area contributed by atoms with Crippen molar-refractivity contribution in [2.45, 2.75) is 6.04 Å². The number of hydrogen-bond donors (Lipinski definition) is 2. The monoisotopic (exact) mass is 192 g/mol. The van der Waals surface area contributed by atoms with Crippen LogP contribution in [0.4, 0.5) is 0 Å². The van der Waals surface area contributed by atoms with E-state index in [0.29, 0.717) is 13.2 Å². The lowest BCUT2D eigenvalue weighted by atomic mass is 10.3. The fourth-order valence-electron chi connectivity index (χ4n) is 0.578. The molecule has 0 fully saturated rings. The number of methoxy groups -OCH3 is 2. The maximum atomic E-state index is 11.0. The van der Waals surface area contributed by atoms with Crippen molar-refractivity contribution in [1.82, 2.24) is 5.48 Å². The zero-order valence-corrected chi connectivity index (χ0v) is 7.91. The van der Waals surface area contributed by atoms with Crippen LogP contribution in [0.2, 0.25) is 0 Å². The Morgan fingerprint density at radius 3 is 2.62 bits per heavy atom. The summed E-state index contributed by atoms with van der Waals surface area (Å²) in [5.74, 6) is -0.405. The molecule has 1 amide bonds. The number of nitrogens with one attached hydrogen (secondary N) is 1. The Morgan fingerprint density at radius 2 is 2.08 bits per heavy atom. The van der Waals surface area contributed by atoms with Crippen molar-refractivity contribution < 1.29 is 19.1 Å². The van der Waals surface area contributed by atoms with Gasteiger partial charge in [-0.05, 0) is 0 Å². The average Bonchev–Trinajstić information content (AvgIpc) is 2.12. The zero-order valence-electron chi connectivity index (χ0n) is 7.91. The molecule has 0 spiro atoms. The lowest BCUT2D eigenvalue weighted by molar-refractivity contribution is -0.137. The van der Waals surface area contributed by atoms with Gasteiger partial charge in [-0.3, -0.25) is 9.63 Å². The Labute approximate surface area is 77.3 Å². The molecule has 0 aromatic carbocycles. The second-order valence-corrected chi connectivity index (χ2v) is 2.37. The third-order valence-electron chi connectivity index (χ3n) is 1.25. The maximum Gasteiger partial charge on any atom is 0.262 e. The van der Waals surface area contributed by atoms with Gasteiger partial charge in [0, 0.05) is 14.2 Å². The molecule has 0 aliphatic rings. The summed E-state index contributed by atoms with van der Waals surface area (Å²) in [5.41, 5.74) is 7.57. The molecule has 0 rings (SSSR count). The van der Waals surface area contributed by atoms with Gasteiger partial charge in [-0.25, -0.2) is 5.48 Å². The smallest absolute Gasteiger partial charge is 0.262 e. The van der Waals surface area contributed by atoms with Gasteiger partial charge in [0.25, 0.3) is 5.91 Å². The molecule has 6 nitrogen and oxygen atoms in total. The molecular formula is C7H16N2O4. The third kappa shape index (κ3) is 6.47. The highest BCUT2D eigenvalue weighted by molar-refractivity contribution is 5.80. The molecule has 3 N–H and O–H groups in total. The highest BCUT2D eigenvalue weighted by Crippen LogP contribution is 1.80. The molecule has 0 heterocycles. The average molecular weight is 192 g/mol. The van der Waals surface area contributed by atoms with Gasteiger partial charge in [-0.2, -0.15) is 0 Å². The summed E-state index contributed by atoms with van der Waals surface area (Å²) in [6.45, 7) is 0.876. The largest absolute Gasteiger partial charge is 0.383 e. The van der Waals surface area contributed by atoms with Crippen LogP contribution in [-0.4, -0.2) is 46.0 Å². The maximum absolute atomic E-state index is 11.0. The number of carbonyl (C=O) groups is 1. The standard InChI is InChI=1S/C7H16N2O4/c1-11-3-4-13-9-7(10)6(8)5-12-2/h6H,3-5,8H2,1-2H3,(H,9,10). The Hall–Kier alpha value is -0.690. The van der Waals surface area contributed by atoms with Crippen molar-refractivity contribution in [2.24, 2.45) is 5.73 Å². The van der Waals surface area contributed by atoms with E-state index in [1.165, 1.54) is 7.11 Å². The first-order valence-electron chi connectivity index (χ1n) is 3.87. The fraction of sp³-hybridized carbons (Fsp3) is 0.857. The van der Waals surface area contributed by atoms with Gasteiger partial charge in [0.15, 0.2) is 0 Å². The molecule has 78 valence electrons. The number of nitrogens with two attached hydrogens (primary N) is 1. The lowest BCUT2D eigenvalue weighted by Gasteiger charge is -2.10. The van der Waals surface area contributed by atoms with Crippen molar-refractivity contribution in [1.29, 1.82) is 0 Å². The molecule has 13 heavy (non-hydrogen) atoms. The Bertz CT molecular complexity index is 142. The lowest BCUT2D eigenvalue weighted by Crippen LogP contribution is -2.43. The fourth-order valence-corrected chi connectivity index (χ4v) is 0.578. The minimum absolute atomic E-state index is 0.166. The third-order valence-corrected chi connectivity index (χ3v) is 1.25. The Balaban J connectivity index is 3.38. The van der Waals surface area contributed by atoms with Crippen LogP contribution in [0.1, 0.15) is 0 Å². The van der Waals surface area contributed by atoms with Gasteiger partial charge in [-0.1, -0.05) is 0 Å². The topological polar surface area (TPSA) is 82.8 Å². The molecule has 6 heteroatoms. The predicted molar refractivity (Wildman–Crippen MR) is 45.8 cm³/mol. The van der Waals surface area contributed by atoms with E-state index < -0.39 is 11.9 Å². The minimum atomic E-state index is -0.701. The normalized spacial score (nSPS) is 12.5. The van der Waals surface area contributed by atoms with Crippen molar-refractivity contribution in [3.05, 3.63) is 0 Å². The quantitative estimate of drug-likeness (QED) is 0.385. The first-order chi connectivity index (χ1) is 6.22. The summed E-state index contributed by atoms with van der Waals surface area (Å²) >= 11 is 0. The van der Waals surface area contributed by atoms with Crippen LogP contribution >= 0.6 is 0 Å². The van der Waals surface area contributed by atoms with Crippen LogP contribution in [-0.2, 0) is 19.1 Å². The van der Waals surface area contributed by atoms with Crippen LogP contribution in [0.3, 0.4) is 0 Å². The SMILES string of the molecule is COCCONC(=O)C(N)COC. The second-order valence-electron chi connectivity index (χ2n) is 2.37. The molecule has 0 aliphatic carbocycles. The minimum Gasteiger partial charge on any atom is -0.383 e. The van der Waals surface area contributed by atoms with Crippen LogP contribution in [0.5, 0.6) is 0 Å². The number of rotatable bonds is 7. The first kappa shape index (κ1) is 12.3. The van der Waals surface area contributed by atoms with E-state index >= 15 is 0 Å². The second kappa shape index (κ2) is 7.93. The van der Waals surface area contributed by atoms with Crippen LogP contribution in [0.15, 0.2) is 0 Å². The molecule has 0 bridgehead atoms. The van der Waals surface area contributed by atoms with Gasteiger partial charge in [0.2, 0.25) is 0 Å². The number of hydrogen-bond acceptors (Lipinski definition) is 5. The van der Waals surface area contributed by atoms with Crippen LogP contribution < -0.4 is 11.2 Å². The van der Waals surface area contributed by atoms with Gasteiger partial charge in [-0.15, -0.1) is 0 Å². The highest BCUT2D eigenvalue weighted by atomic mass is 16.7. The van der Waals surface area contributed by atoms with E-state index in [9.17, 15) is 4.79 Å². The summed E-state index contributed by atoms with van der Waals surface area (Å²) in [5, 5.41) is 0. The summed E-state index contributed by atoms with van der Waals surface area (Å²) in [6.07, 6.45) is 0. The van der Waals surface area contributed by atoms with Crippen molar-refractivity contribution in [2.75, 3.05) is 34.0 Å². The summed E-state index contributed by atoms with van der Waals surface area (Å²) in [4.78, 5) is 15.8.